The predicted octanol–water partition coefficient (Wildman–Crippen LogP) is 1.52. The molecule has 0 radical (unpaired) electrons. The Hall–Kier alpha value is -0.820. The summed E-state index contributed by atoms with van der Waals surface area (Å²) in [6.07, 6.45) is 0.367. The van der Waals surface area contributed by atoms with E-state index in [-0.39, 0.29) is 5.75 Å². The van der Waals surface area contributed by atoms with Crippen molar-refractivity contribution >= 4 is 16.2 Å². The highest BCUT2D eigenvalue weighted by Crippen LogP contribution is 2.09. The molecule has 1 N–H and O–H groups in total. The Morgan fingerprint density at radius 1 is 1.29 bits per heavy atom. The van der Waals surface area contributed by atoms with Gasteiger partial charge in [0.1, 0.15) is 5.60 Å². The lowest BCUT2D eigenvalue weighted by molar-refractivity contribution is 0.0297. The van der Waals surface area contributed by atoms with Gasteiger partial charge in [-0.2, -0.15) is 8.42 Å². The van der Waals surface area contributed by atoms with E-state index in [2.05, 4.69) is 0 Å². The minimum Gasteiger partial charge on any atom is -0.444 e. The van der Waals surface area contributed by atoms with Gasteiger partial charge in [-0.3, -0.25) is 4.55 Å². The first kappa shape index (κ1) is 16.2. The van der Waals surface area contributed by atoms with Gasteiger partial charge in [0, 0.05) is 13.6 Å². The quantitative estimate of drug-likeness (QED) is 0.603. The third-order valence-corrected chi connectivity index (χ3v) is 2.66. The van der Waals surface area contributed by atoms with Gasteiger partial charge in [0.25, 0.3) is 10.1 Å². The van der Waals surface area contributed by atoms with E-state index in [0.717, 1.165) is 0 Å². The average molecular weight is 267 g/mol. The Balaban J connectivity index is 3.87. The maximum atomic E-state index is 11.5. The number of hydrogen-bond donors (Lipinski definition) is 1. The highest BCUT2D eigenvalue weighted by molar-refractivity contribution is 7.85. The van der Waals surface area contributed by atoms with Crippen LogP contribution in [0.1, 0.15) is 33.6 Å². The molecular formula is C10H21NO5S. The van der Waals surface area contributed by atoms with E-state index in [1.54, 1.807) is 27.8 Å². The Morgan fingerprint density at radius 2 is 1.82 bits per heavy atom. The molecule has 0 fully saturated rings. The molecule has 0 aromatic heterocycles. The van der Waals surface area contributed by atoms with Crippen LogP contribution in [0.2, 0.25) is 0 Å². The molecule has 0 aliphatic heterocycles. The zero-order chi connectivity index (χ0) is 13.7. The van der Waals surface area contributed by atoms with Gasteiger partial charge in [-0.25, -0.2) is 4.79 Å². The number of ether oxygens (including phenoxy) is 1. The van der Waals surface area contributed by atoms with Gasteiger partial charge in [0.15, 0.2) is 0 Å². The second kappa shape index (κ2) is 6.20. The maximum Gasteiger partial charge on any atom is 0.410 e. The normalized spacial score (nSPS) is 12.3. The third kappa shape index (κ3) is 10.1. The number of carbonyl (C=O) groups is 1. The van der Waals surface area contributed by atoms with Crippen molar-refractivity contribution < 1.29 is 22.5 Å². The average Bonchev–Trinajstić information content (AvgIpc) is 2.07. The van der Waals surface area contributed by atoms with Gasteiger partial charge in [-0.05, 0) is 33.6 Å². The first-order valence-electron chi connectivity index (χ1n) is 5.40. The lowest BCUT2D eigenvalue weighted by Crippen LogP contribution is -2.34. The van der Waals surface area contributed by atoms with Crippen molar-refractivity contribution in [3.05, 3.63) is 0 Å². The van der Waals surface area contributed by atoms with Gasteiger partial charge in [0.2, 0.25) is 0 Å². The summed E-state index contributed by atoms with van der Waals surface area (Å²) in [4.78, 5) is 12.9. The highest BCUT2D eigenvalue weighted by Gasteiger charge is 2.19. The zero-order valence-corrected chi connectivity index (χ0v) is 11.6. The molecule has 1 amide bonds. The lowest BCUT2D eigenvalue weighted by Gasteiger charge is -2.24. The van der Waals surface area contributed by atoms with Crippen LogP contribution >= 0.6 is 0 Å². The predicted molar refractivity (Wildman–Crippen MR) is 64.5 cm³/mol. The van der Waals surface area contributed by atoms with Crippen molar-refractivity contribution in [3.63, 3.8) is 0 Å². The molecule has 0 aromatic carbocycles. The number of nitrogens with zero attached hydrogens (tertiary/aromatic N) is 1. The summed E-state index contributed by atoms with van der Waals surface area (Å²) in [6, 6.07) is 0. The molecule has 0 unspecified atom stereocenters. The van der Waals surface area contributed by atoms with Crippen molar-refractivity contribution in [1.82, 2.24) is 4.90 Å². The molecule has 6 nitrogen and oxygen atoms in total. The van der Waals surface area contributed by atoms with Crippen LogP contribution in [0, 0.1) is 0 Å². The van der Waals surface area contributed by atoms with Crippen LogP contribution in [-0.4, -0.2) is 48.9 Å². The summed E-state index contributed by atoms with van der Waals surface area (Å²) in [6.45, 7) is 5.72. The van der Waals surface area contributed by atoms with E-state index in [1.807, 2.05) is 0 Å². The monoisotopic (exact) mass is 267 g/mol. The van der Waals surface area contributed by atoms with E-state index in [4.69, 9.17) is 9.29 Å². The zero-order valence-electron chi connectivity index (χ0n) is 10.8. The Kier molecular flexibility index (Phi) is 5.91. The number of amides is 1. The molecule has 102 valence electrons. The molecule has 17 heavy (non-hydrogen) atoms. The third-order valence-electron chi connectivity index (χ3n) is 1.85. The molecule has 0 spiro atoms. The van der Waals surface area contributed by atoms with E-state index >= 15 is 0 Å². The standard InChI is InChI=1S/C10H21NO5S/c1-10(2,3)16-9(12)11(4)7-5-6-8-17(13,14)15/h5-8H2,1-4H3,(H,13,14,15). The second-order valence-corrected chi connectivity index (χ2v) is 6.47. The molecule has 0 saturated heterocycles. The van der Waals surface area contributed by atoms with Gasteiger partial charge in [0.05, 0.1) is 5.75 Å². The fourth-order valence-corrected chi connectivity index (χ4v) is 1.63. The van der Waals surface area contributed by atoms with Crippen LogP contribution in [0.15, 0.2) is 0 Å². The largest absolute Gasteiger partial charge is 0.444 e. The Morgan fingerprint density at radius 3 is 2.24 bits per heavy atom. The number of unbranched alkanes of at least 4 members (excludes halogenated alkanes) is 1. The molecule has 0 heterocycles. The minimum atomic E-state index is -3.91. The van der Waals surface area contributed by atoms with Crippen LogP contribution in [0.3, 0.4) is 0 Å². The smallest absolute Gasteiger partial charge is 0.410 e. The molecule has 0 aliphatic rings. The van der Waals surface area contributed by atoms with Crippen molar-refractivity contribution in [3.8, 4) is 0 Å². The fourth-order valence-electron chi connectivity index (χ4n) is 1.06. The van der Waals surface area contributed by atoms with Crippen LogP contribution < -0.4 is 0 Å². The van der Waals surface area contributed by atoms with Crippen molar-refractivity contribution in [2.75, 3.05) is 19.3 Å². The summed E-state index contributed by atoms with van der Waals surface area (Å²) in [5.74, 6) is -0.283. The fraction of sp³-hybridized carbons (Fsp3) is 0.900. The molecule has 0 rings (SSSR count). The SMILES string of the molecule is CN(CCCCS(=O)(=O)O)C(=O)OC(C)(C)C. The van der Waals surface area contributed by atoms with Crippen LogP contribution in [-0.2, 0) is 14.9 Å². The first-order chi connectivity index (χ1) is 7.51. The molecular weight excluding hydrogens is 246 g/mol. The molecule has 0 aliphatic carbocycles. The van der Waals surface area contributed by atoms with Crippen LogP contribution in [0.25, 0.3) is 0 Å². The first-order valence-corrected chi connectivity index (χ1v) is 7.01. The summed E-state index contributed by atoms with van der Waals surface area (Å²) in [5.41, 5.74) is -0.542. The van der Waals surface area contributed by atoms with Gasteiger partial charge < -0.3 is 9.64 Å². The highest BCUT2D eigenvalue weighted by atomic mass is 32.2. The number of rotatable bonds is 5. The van der Waals surface area contributed by atoms with E-state index in [9.17, 15) is 13.2 Å². The van der Waals surface area contributed by atoms with Crippen molar-refractivity contribution in [2.45, 2.75) is 39.2 Å². The summed E-state index contributed by atoms with van der Waals surface area (Å²) in [5, 5.41) is 0. The Bertz CT molecular complexity index is 344. The number of carbonyl (C=O) groups excluding carboxylic acids is 1. The summed E-state index contributed by atoms with van der Waals surface area (Å²) in [7, 11) is -2.32. The van der Waals surface area contributed by atoms with Gasteiger partial charge in [-0.15, -0.1) is 0 Å². The summed E-state index contributed by atoms with van der Waals surface area (Å²) < 4.78 is 34.5. The second-order valence-electron chi connectivity index (χ2n) is 4.90. The van der Waals surface area contributed by atoms with Crippen LogP contribution in [0.5, 0.6) is 0 Å². The van der Waals surface area contributed by atoms with Crippen molar-refractivity contribution in [2.24, 2.45) is 0 Å². The van der Waals surface area contributed by atoms with Crippen molar-refractivity contribution in [1.29, 1.82) is 0 Å². The van der Waals surface area contributed by atoms with E-state index in [0.29, 0.717) is 19.4 Å². The van der Waals surface area contributed by atoms with E-state index < -0.39 is 21.8 Å². The number of hydrogen-bond acceptors (Lipinski definition) is 4. The molecule has 7 heteroatoms. The molecule has 0 bridgehead atoms. The minimum absolute atomic E-state index is 0.283. The van der Waals surface area contributed by atoms with Gasteiger partial charge >= 0.3 is 6.09 Å². The molecule has 0 saturated carbocycles. The Labute approximate surface area is 103 Å². The van der Waals surface area contributed by atoms with Gasteiger partial charge in [-0.1, -0.05) is 0 Å². The lowest BCUT2D eigenvalue weighted by atomic mass is 10.2. The topological polar surface area (TPSA) is 83.9 Å². The maximum absolute atomic E-state index is 11.5. The molecule has 0 atom stereocenters. The molecule has 0 aromatic rings. The summed E-state index contributed by atoms with van der Waals surface area (Å²) >= 11 is 0. The van der Waals surface area contributed by atoms with E-state index in [1.165, 1.54) is 4.90 Å². The van der Waals surface area contributed by atoms with Crippen LogP contribution in [0.4, 0.5) is 4.79 Å².